The first kappa shape index (κ1) is 27.6. The number of amides is 3. The molecule has 4 N–H and O–H groups in total. The van der Waals surface area contributed by atoms with Gasteiger partial charge >= 0.3 is 0 Å². The number of rotatable bonds is 9. The second-order valence-electron chi connectivity index (χ2n) is 8.56. The molecule has 0 heterocycles. The molecule has 0 aromatic heterocycles. The molecule has 0 spiro atoms. The summed E-state index contributed by atoms with van der Waals surface area (Å²) in [5.41, 5.74) is 5.14. The number of carbonyl (C=O) groups excluding carboxylic acids is 3. The van der Waals surface area contributed by atoms with Crippen molar-refractivity contribution in [2.45, 2.75) is 0 Å². The minimum Gasteiger partial charge on any atom is -0.497 e. The number of hydrogen-bond donors (Lipinski definition) is 4. The third kappa shape index (κ3) is 6.91. The molecule has 9 heteroatoms. The molecule has 4 rings (SSSR count). The van der Waals surface area contributed by atoms with Gasteiger partial charge in [-0.2, -0.15) is 0 Å². The maximum atomic E-state index is 12.8. The van der Waals surface area contributed by atoms with Crippen molar-refractivity contribution in [2.24, 2.45) is 0 Å². The third-order valence-electron chi connectivity index (χ3n) is 5.95. The largest absolute Gasteiger partial charge is 0.497 e. The van der Waals surface area contributed by atoms with Crippen molar-refractivity contribution in [1.82, 2.24) is 5.48 Å². The Morgan fingerprint density at radius 2 is 1.05 bits per heavy atom. The number of carbonyl (C=O) groups is 3. The summed E-state index contributed by atoms with van der Waals surface area (Å²) < 4.78 is 10.3. The van der Waals surface area contributed by atoms with E-state index in [0.29, 0.717) is 50.7 Å². The van der Waals surface area contributed by atoms with Crippen LogP contribution < -0.4 is 25.6 Å². The van der Waals surface area contributed by atoms with Gasteiger partial charge in [0.1, 0.15) is 11.5 Å². The van der Waals surface area contributed by atoms with Gasteiger partial charge in [-0.1, -0.05) is 24.3 Å². The third-order valence-corrected chi connectivity index (χ3v) is 5.95. The van der Waals surface area contributed by atoms with E-state index in [1.54, 1.807) is 117 Å². The second-order valence-corrected chi connectivity index (χ2v) is 8.56. The fraction of sp³-hybridized carbons (Fsp3) is 0.0645. The maximum Gasteiger partial charge on any atom is 0.267 e. The predicted molar refractivity (Wildman–Crippen MR) is 152 cm³/mol. The van der Waals surface area contributed by atoms with Crippen LogP contribution in [0.4, 0.5) is 11.4 Å². The van der Waals surface area contributed by atoms with Crippen molar-refractivity contribution in [3.8, 4) is 11.5 Å². The Morgan fingerprint density at radius 3 is 1.43 bits per heavy atom. The Bertz CT molecular complexity index is 1440. The summed E-state index contributed by atoms with van der Waals surface area (Å²) in [6.45, 7) is 0. The zero-order valence-electron chi connectivity index (χ0n) is 21.8. The number of nitrogens with one attached hydrogen (secondary N) is 3. The van der Waals surface area contributed by atoms with Crippen LogP contribution in [0.3, 0.4) is 0 Å². The van der Waals surface area contributed by atoms with Crippen LogP contribution in [-0.2, 0) is 4.79 Å². The van der Waals surface area contributed by atoms with Crippen LogP contribution in [0.25, 0.3) is 5.57 Å². The van der Waals surface area contributed by atoms with Gasteiger partial charge in [0.15, 0.2) is 0 Å². The highest BCUT2D eigenvalue weighted by atomic mass is 16.5. The minimum atomic E-state index is -0.740. The first-order valence-corrected chi connectivity index (χ1v) is 12.2. The number of hydroxylamine groups is 1. The van der Waals surface area contributed by atoms with Crippen molar-refractivity contribution in [3.63, 3.8) is 0 Å². The van der Waals surface area contributed by atoms with Gasteiger partial charge in [-0.25, -0.2) is 5.48 Å². The molecule has 0 saturated carbocycles. The van der Waals surface area contributed by atoms with E-state index in [2.05, 4.69) is 10.6 Å². The molecule has 0 aliphatic carbocycles. The van der Waals surface area contributed by atoms with Gasteiger partial charge in [0, 0.05) is 28.6 Å². The fourth-order valence-electron chi connectivity index (χ4n) is 3.92. The normalized spacial score (nSPS) is 10.2. The van der Waals surface area contributed by atoms with Gasteiger partial charge in [0.05, 0.1) is 14.2 Å². The van der Waals surface area contributed by atoms with Crippen molar-refractivity contribution in [1.29, 1.82) is 0 Å². The number of benzene rings is 4. The van der Waals surface area contributed by atoms with Crippen LogP contribution in [0.2, 0.25) is 0 Å². The van der Waals surface area contributed by atoms with Gasteiger partial charge in [-0.3, -0.25) is 19.6 Å². The van der Waals surface area contributed by atoms with Crippen LogP contribution in [-0.4, -0.2) is 37.1 Å². The SMILES string of the molecule is COc1ccc(C(=O)Nc2cccc(C(=CC(=O)NO)c3cccc(NC(=O)c4ccc(OC)cc4)c3)c2)cc1. The predicted octanol–water partition coefficient (Wildman–Crippen LogP) is 5.15. The molecule has 4 aromatic rings. The van der Waals surface area contributed by atoms with Crippen LogP contribution in [0.5, 0.6) is 11.5 Å². The lowest BCUT2D eigenvalue weighted by Crippen LogP contribution is -2.16. The Morgan fingerprint density at radius 1 is 0.625 bits per heavy atom. The summed E-state index contributed by atoms with van der Waals surface area (Å²) >= 11 is 0. The molecule has 0 atom stereocenters. The molecule has 0 aliphatic rings. The summed E-state index contributed by atoms with van der Waals surface area (Å²) in [5.74, 6) is -0.102. The smallest absolute Gasteiger partial charge is 0.267 e. The number of hydrogen-bond acceptors (Lipinski definition) is 6. The van der Waals surface area contributed by atoms with Crippen LogP contribution in [0.1, 0.15) is 31.8 Å². The molecule has 9 nitrogen and oxygen atoms in total. The summed E-state index contributed by atoms with van der Waals surface area (Å²) in [6.07, 6.45) is 1.23. The summed E-state index contributed by atoms with van der Waals surface area (Å²) in [6, 6.07) is 27.3. The monoisotopic (exact) mass is 537 g/mol. The van der Waals surface area contributed by atoms with E-state index < -0.39 is 5.91 Å². The first-order valence-electron chi connectivity index (χ1n) is 12.2. The number of methoxy groups -OCH3 is 2. The lowest BCUT2D eigenvalue weighted by Gasteiger charge is -2.13. The summed E-state index contributed by atoms with van der Waals surface area (Å²) in [4.78, 5) is 37.7. The minimum absolute atomic E-state index is 0.318. The summed E-state index contributed by atoms with van der Waals surface area (Å²) in [5, 5.41) is 14.9. The van der Waals surface area contributed by atoms with E-state index in [0.717, 1.165) is 0 Å². The van der Waals surface area contributed by atoms with Gasteiger partial charge in [-0.15, -0.1) is 0 Å². The quantitative estimate of drug-likeness (QED) is 0.133. The average Bonchev–Trinajstić information content (AvgIpc) is 3.00. The van der Waals surface area contributed by atoms with Gasteiger partial charge in [0.2, 0.25) is 0 Å². The van der Waals surface area contributed by atoms with Gasteiger partial charge in [-0.05, 0) is 89.5 Å². The van der Waals surface area contributed by atoms with Crippen LogP contribution >= 0.6 is 0 Å². The van der Waals surface area contributed by atoms with E-state index in [4.69, 9.17) is 9.47 Å². The Hall–Kier alpha value is -5.41. The van der Waals surface area contributed by atoms with Gasteiger partial charge in [0.25, 0.3) is 17.7 Å². The van der Waals surface area contributed by atoms with Crippen LogP contribution in [0, 0.1) is 0 Å². The molecule has 0 unspecified atom stereocenters. The molecule has 3 amide bonds. The fourth-order valence-corrected chi connectivity index (χ4v) is 3.92. The second kappa shape index (κ2) is 12.9. The highest BCUT2D eigenvalue weighted by molar-refractivity contribution is 6.06. The highest BCUT2D eigenvalue weighted by Gasteiger charge is 2.13. The van der Waals surface area contributed by atoms with E-state index >= 15 is 0 Å². The van der Waals surface area contributed by atoms with Crippen molar-refractivity contribution < 1.29 is 29.1 Å². The Kier molecular flexibility index (Phi) is 8.91. The van der Waals surface area contributed by atoms with Crippen molar-refractivity contribution >= 4 is 34.7 Å². The van der Waals surface area contributed by atoms with E-state index in [1.165, 1.54) is 6.08 Å². The molecule has 4 aromatic carbocycles. The van der Waals surface area contributed by atoms with Crippen LogP contribution in [0.15, 0.2) is 103 Å². The zero-order valence-corrected chi connectivity index (χ0v) is 21.8. The molecule has 0 aliphatic heterocycles. The topological polar surface area (TPSA) is 126 Å². The lowest BCUT2D eigenvalue weighted by atomic mass is 9.96. The molecular formula is C31H27N3O6. The lowest BCUT2D eigenvalue weighted by molar-refractivity contribution is -0.124. The van der Waals surface area contributed by atoms with Gasteiger partial charge < -0.3 is 20.1 Å². The standard InChI is InChI=1S/C31H27N3O6/c1-39-26-13-9-20(10-14-26)30(36)32-24-7-3-5-22(17-24)28(19-29(35)34-38)23-6-4-8-25(18-23)33-31(37)21-11-15-27(40-2)16-12-21/h3-19,38H,1-2H3,(H,32,36)(H,33,37)(H,34,35). The summed E-state index contributed by atoms with van der Waals surface area (Å²) in [7, 11) is 3.10. The molecule has 0 radical (unpaired) electrons. The Balaban J connectivity index is 1.60. The van der Waals surface area contributed by atoms with Crippen molar-refractivity contribution in [2.75, 3.05) is 24.9 Å². The average molecular weight is 538 g/mol. The maximum absolute atomic E-state index is 12.8. The molecule has 40 heavy (non-hydrogen) atoms. The van der Waals surface area contributed by atoms with Crippen molar-refractivity contribution in [3.05, 3.63) is 125 Å². The first-order chi connectivity index (χ1) is 19.4. The number of anilines is 2. The molecule has 0 bridgehead atoms. The molecule has 0 saturated heterocycles. The number of ether oxygens (including phenoxy) is 2. The molecular weight excluding hydrogens is 510 g/mol. The van der Waals surface area contributed by atoms with E-state index in [1.807, 2.05) is 0 Å². The zero-order chi connectivity index (χ0) is 28.5. The Labute approximate surface area is 231 Å². The molecule has 0 fully saturated rings. The molecule has 202 valence electrons. The van der Waals surface area contributed by atoms with E-state index in [9.17, 15) is 19.6 Å². The highest BCUT2D eigenvalue weighted by Crippen LogP contribution is 2.28. The van der Waals surface area contributed by atoms with E-state index in [-0.39, 0.29) is 11.8 Å².